The van der Waals surface area contributed by atoms with Gasteiger partial charge in [-0.2, -0.15) is 0 Å². The molecule has 0 bridgehead atoms. The van der Waals surface area contributed by atoms with Crippen LogP contribution in [0.15, 0.2) is 41.4 Å². The molecule has 0 radical (unpaired) electrons. The van der Waals surface area contributed by atoms with Crippen LogP contribution < -0.4 is 0 Å². The lowest BCUT2D eigenvalue weighted by atomic mass is 9.98. The number of rotatable bonds is 0. The molecule has 0 unspecified atom stereocenters. The highest BCUT2D eigenvalue weighted by molar-refractivity contribution is 9.10. The molecule has 104 valence electrons. The molecule has 1 aliphatic heterocycles. The number of hydrogen-bond acceptors (Lipinski definition) is 2. The van der Waals surface area contributed by atoms with Gasteiger partial charge in [-0.05, 0) is 42.5 Å². The van der Waals surface area contributed by atoms with Crippen molar-refractivity contribution in [2.45, 2.75) is 19.3 Å². The Bertz CT molecular complexity index is 610. The summed E-state index contributed by atoms with van der Waals surface area (Å²) in [4.78, 5) is 18.2. The van der Waals surface area contributed by atoms with Gasteiger partial charge in [-0.1, -0.05) is 22.0 Å². The molecule has 0 saturated carbocycles. The molecule has 5 heteroatoms. The van der Waals surface area contributed by atoms with E-state index in [9.17, 15) is 4.79 Å². The SMILES string of the molecule is O=C(N1CCCc2cc(Br)ccc2CC1)n1ccnc1. The van der Waals surface area contributed by atoms with Crippen molar-refractivity contribution in [3.05, 3.63) is 52.5 Å². The highest BCUT2D eigenvalue weighted by Crippen LogP contribution is 2.21. The summed E-state index contributed by atoms with van der Waals surface area (Å²) in [6.07, 6.45) is 7.81. The highest BCUT2D eigenvalue weighted by Gasteiger charge is 2.18. The molecule has 0 spiro atoms. The summed E-state index contributed by atoms with van der Waals surface area (Å²) < 4.78 is 2.67. The van der Waals surface area contributed by atoms with Gasteiger partial charge in [0.05, 0.1) is 0 Å². The van der Waals surface area contributed by atoms with Crippen LogP contribution in [0.2, 0.25) is 0 Å². The third-order valence-electron chi connectivity index (χ3n) is 3.69. The summed E-state index contributed by atoms with van der Waals surface area (Å²) in [6, 6.07) is 6.44. The average molecular weight is 334 g/mol. The number of amides is 1. The van der Waals surface area contributed by atoms with Crippen molar-refractivity contribution in [2.75, 3.05) is 13.1 Å². The highest BCUT2D eigenvalue weighted by atomic mass is 79.9. The van der Waals surface area contributed by atoms with Gasteiger partial charge in [-0.3, -0.25) is 4.57 Å². The van der Waals surface area contributed by atoms with Gasteiger partial charge in [0, 0.05) is 30.0 Å². The predicted molar refractivity (Wildman–Crippen MR) is 80.8 cm³/mol. The largest absolute Gasteiger partial charge is 0.329 e. The Hall–Kier alpha value is -1.62. The number of aryl methyl sites for hydroxylation is 1. The average Bonchev–Trinajstić information content (AvgIpc) is 2.94. The van der Waals surface area contributed by atoms with E-state index >= 15 is 0 Å². The molecule has 2 aromatic rings. The molecule has 0 saturated heterocycles. The van der Waals surface area contributed by atoms with Gasteiger partial charge in [0.25, 0.3) is 0 Å². The van der Waals surface area contributed by atoms with Crippen LogP contribution in [0.3, 0.4) is 0 Å². The molecule has 2 heterocycles. The molecule has 1 amide bonds. The van der Waals surface area contributed by atoms with Crippen molar-refractivity contribution >= 4 is 22.0 Å². The predicted octanol–water partition coefficient (Wildman–Crippen LogP) is 3.10. The van der Waals surface area contributed by atoms with E-state index in [0.717, 1.165) is 36.8 Å². The fraction of sp³-hybridized carbons (Fsp3) is 0.333. The van der Waals surface area contributed by atoms with Crippen LogP contribution in [-0.4, -0.2) is 33.6 Å². The van der Waals surface area contributed by atoms with Gasteiger partial charge in [-0.15, -0.1) is 0 Å². The Morgan fingerprint density at radius 2 is 2.10 bits per heavy atom. The second-order valence-electron chi connectivity index (χ2n) is 5.01. The number of benzene rings is 1. The Morgan fingerprint density at radius 3 is 2.90 bits per heavy atom. The van der Waals surface area contributed by atoms with Crippen molar-refractivity contribution in [3.63, 3.8) is 0 Å². The van der Waals surface area contributed by atoms with Gasteiger partial charge >= 0.3 is 6.03 Å². The third-order valence-corrected chi connectivity index (χ3v) is 4.18. The van der Waals surface area contributed by atoms with E-state index in [4.69, 9.17) is 0 Å². The first-order valence-electron chi connectivity index (χ1n) is 6.78. The van der Waals surface area contributed by atoms with Crippen molar-refractivity contribution in [1.29, 1.82) is 0 Å². The van der Waals surface area contributed by atoms with Gasteiger partial charge in [0.2, 0.25) is 0 Å². The fourth-order valence-corrected chi connectivity index (χ4v) is 3.03. The van der Waals surface area contributed by atoms with E-state index < -0.39 is 0 Å². The fourth-order valence-electron chi connectivity index (χ4n) is 2.63. The minimum atomic E-state index is 0.0167. The van der Waals surface area contributed by atoms with E-state index in [1.54, 1.807) is 23.3 Å². The smallest absolute Gasteiger partial charge is 0.324 e. The molecule has 1 aromatic carbocycles. The first-order chi connectivity index (χ1) is 9.74. The van der Waals surface area contributed by atoms with E-state index in [1.807, 2.05) is 4.90 Å². The zero-order valence-electron chi connectivity index (χ0n) is 11.1. The van der Waals surface area contributed by atoms with Crippen molar-refractivity contribution in [2.24, 2.45) is 0 Å². The lowest BCUT2D eigenvalue weighted by molar-refractivity contribution is 0.198. The Labute approximate surface area is 126 Å². The third kappa shape index (κ3) is 2.77. The maximum Gasteiger partial charge on any atom is 0.329 e. The summed E-state index contributed by atoms with van der Waals surface area (Å²) in [5, 5.41) is 0. The Kier molecular flexibility index (Phi) is 3.87. The van der Waals surface area contributed by atoms with Crippen LogP contribution in [0.4, 0.5) is 4.79 Å². The van der Waals surface area contributed by atoms with Gasteiger partial charge < -0.3 is 4.90 Å². The zero-order chi connectivity index (χ0) is 13.9. The molecule has 4 nitrogen and oxygen atoms in total. The number of nitrogens with zero attached hydrogens (tertiary/aromatic N) is 3. The van der Waals surface area contributed by atoms with Crippen LogP contribution >= 0.6 is 15.9 Å². The second kappa shape index (κ2) is 5.79. The number of fused-ring (bicyclic) bond motifs is 1. The summed E-state index contributed by atoms with van der Waals surface area (Å²) in [6.45, 7) is 1.55. The van der Waals surface area contributed by atoms with Gasteiger partial charge in [0.15, 0.2) is 0 Å². The lowest BCUT2D eigenvalue weighted by Crippen LogP contribution is -2.37. The maximum atomic E-state index is 12.3. The maximum absolute atomic E-state index is 12.3. The number of carbonyl (C=O) groups is 1. The summed E-state index contributed by atoms with van der Waals surface area (Å²) >= 11 is 3.52. The topological polar surface area (TPSA) is 38.1 Å². The normalized spacial score (nSPS) is 15.3. The van der Waals surface area contributed by atoms with E-state index in [-0.39, 0.29) is 6.03 Å². The molecule has 0 N–H and O–H groups in total. The summed E-state index contributed by atoms with van der Waals surface area (Å²) in [5.74, 6) is 0. The Balaban J connectivity index is 1.76. The van der Waals surface area contributed by atoms with E-state index in [2.05, 4.69) is 39.1 Å². The molecular weight excluding hydrogens is 318 g/mol. The monoisotopic (exact) mass is 333 g/mol. The Morgan fingerprint density at radius 1 is 1.20 bits per heavy atom. The van der Waals surface area contributed by atoms with Gasteiger partial charge in [-0.25, -0.2) is 9.78 Å². The number of carbonyl (C=O) groups excluding carboxylic acids is 1. The molecule has 0 atom stereocenters. The van der Waals surface area contributed by atoms with E-state index in [1.165, 1.54) is 11.1 Å². The number of imidazole rings is 1. The van der Waals surface area contributed by atoms with E-state index in [0.29, 0.717) is 0 Å². The zero-order valence-corrected chi connectivity index (χ0v) is 12.7. The standard InChI is InChI=1S/C15H16BrN3O/c16-14-4-3-12-5-8-18(7-1-2-13(12)10-14)15(20)19-9-6-17-11-19/h3-4,6,9-11H,1-2,5,7-8H2. The molecule has 1 aromatic heterocycles. The number of aromatic nitrogens is 2. The van der Waals surface area contributed by atoms with Crippen LogP contribution in [0.1, 0.15) is 17.5 Å². The molecule has 1 aliphatic rings. The van der Waals surface area contributed by atoms with Crippen molar-refractivity contribution in [3.8, 4) is 0 Å². The molecule has 20 heavy (non-hydrogen) atoms. The first-order valence-corrected chi connectivity index (χ1v) is 7.58. The molecule has 3 rings (SSSR count). The second-order valence-corrected chi connectivity index (χ2v) is 5.92. The van der Waals surface area contributed by atoms with Crippen LogP contribution in [0.25, 0.3) is 0 Å². The van der Waals surface area contributed by atoms with Crippen LogP contribution in [-0.2, 0) is 12.8 Å². The molecular formula is C15H16BrN3O. The molecule has 0 fully saturated rings. The van der Waals surface area contributed by atoms with Gasteiger partial charge in [0.1, 0.15) is 6.33 Å². The summed E-state index contributed by atoms with van der Waals surface area (Å²) in [5.41, 5.74) is 2.74. The first kappa shape index (κ1) is 13.4. The minimum Gasteiger partial charge on any atom is -0.324 e. The minimum absolute atomic E-state index is 0.0167. The van der Waals surface area contributed by atoms with Crippen LogP contribution in [0.5, 0.6) is 0 Å². The van der Waals surface area contributed by atoms with Crippen LogP contribution in [0, 0.1) is 0 Å². The van der Waals surface area contributed by atoms with Crippen molar-refractivity contribution < 1.29 is 4.79 Å². The lowest BCUT2D eigenvalue weighted by Gasteiger charge is -2.26. The quantitative estimate of drug-likeness (QED) is 0.742. The summed E-state index contributed by atoms with van der Waals surface area (Å²) in [7, 11) is 0. The number of hydrogen-bond donors (Lipinski definition) is 0. The van der Waals surface area contributed by atoms with Crippen molar-refractivity contribution in [1.82, 2.24) is 14.5 Å². The molecule has 0 aliphatic carbocycles. The number of halogens is 1.